The molecule has 94 valence electrons. The van der Waals surface area contributed by atoms with Crippen molar-refractivity contribution in [2.24, 2.45) is 0 Å². The van der Waals surface area contributed by atoms with E-state index in [1.54, 1.807) is 0 Å². The van der Waals surface area contributed by atoms with Crippen molar-refractivity contribution in [1.82, 2.24) is 0 Å². The van der Waals surface area contributed by atoms with E-state index >= 15 is 0 Å². The van der Waals surface area contributed by atoms with Gasteiger partial charge in [-0.1, -0.05) is 39.0 Å². The van der Waals surface area contributed by atoms with Crippen LogP contribution in [-0.4, -0.2) is 14.4 Å². The first kappa shape index (κ1) is 15.7. The van der Waals surface area contributed by atoms with Gasteiger partial charge in [0.2, 0.25) is 0 Å². The molecule has 0 aliphatic rings. The molecular weight excluding hydrogens is 214 g/mol. The molecule has 0 N–H and O–H groups in total. The predicted molar refractivity (Wildman–Crippen MR) is 71.8 cm³/mol. The lowest BCUT2D eigenvalue weighted by Crippen LogP contribution is -2.31. The Labute approximate surface area is 102 Å². The highest BCUT2D eigenvalue weighted by Crippen LogP contribution is 2.14. The maximum atomic E-state index is 8.98. The van der Waals surface area contributed by atoms with Crippen molar-refractivity contribution in [3.8, 4) is 6.07 Å². The standard InChI is InChI=1S/C13H27NOSi/c1-5-6-7-8-9-10-11-13(12-14)15-16(2,3)4/h13H,5-11H2,1-4H3/t13-/m1/s1. The summed E-state index contributed by atoms with van der Waals surface area (Å²) in [7, 11) is -1.54. The van der Waals surface area contributed by atoms with Crippen LogP contribution in [0, 0.1) is 11.3 Å². The molecule has 0 unspecified atom stereocenters. The zero-order valence-electron chi connectivity index (χ0n) is 11.4. The number of hydrogen-bond donors (Lipinski definition) is 0. The molecule has 0 heterocycles. The Kier molecular flexibility index (Phi) is 8.59. The molecule has 1 atom stereocenters. The first-order valence-electron chi connectivity index (χ1n) is 6.57. The van der Waals surface area contributed by atoms with Gasteiger partial charge in [0.25, 0.3) is 0 Å². The Morgan fingerprint density at radius 3 is 2.12 bits per heavy atom. The summed E-state index contributed by atoms with van der Waals surface area (Å²) >= 11 is 0. The Bertz CT molecular complexity index is 205. The van der Waals surface area contributed by atoms with Gasteiger partial charge in [-0.05, 0) is 32.5 Å². The third kappa shape index (κ3) is 10.2. The Hall–Kier alpha value is -0.333. The van der Waals surface area contributed by atoms with Crippen molar-refractivity contribution in [1.29, 1.82) is 5.26 Å². The number of nitriles is 1. The lowest BCUT2D eigenvalue weighted by atomic mass is 10.1. The van der Waals surface area contributed by atoms with E-state index in [1.165, 1.54) is 32.1 Å². The molecule has 0 saturated heterocycles. The third-order valence-corrected chi connectivity index (χ3v) is 3.45. The molecule has 0 fully saturated rings. The van der Waals surface area contributed by atoms with Crippen molar-refractivity contribution in [2.45, 2.75) is 77.6 Å². The zero-order valence-corrected chi connectivity index (χ0v) is 12.4. The second-order valence-corrected chi connectivity index (χ2v) is 9.86. The van der Waals surface area contributed by atoms with Gasteiger partial charge >= 0.3 is 0 Å². The fourth-order valence-corrected chi connectivity index (χ4v) is 2.71. The minimum absolute atomic E-state index is 0.169. The van der Waals surface area contributed by atoms with Gasteiger partial charge in [0.1, 0.15) is 6.10 Å². The van der Waals surface area contributed by atoms with Crippen molar-refractivity contribution in [3.63, 3.8) is 0 Å². The molecule has 0 aliphatic carbocycles. The quantitative estimate of drug-likeness (QED) is 0.440. The van der Waals surface area contributed by atoms with Crippen molar-refractivity contribution < 1.29 is 4.43 Å². The molecule has 0 bridgehead atoms. The van der Waals surface area contributed by atoms with Gasteiger partial charge < -0.3 is 4.43 Å². The van der Waals surface area contributed by atoms with E-state index in [-0.39, 0.29) is 6.10 Å². The van der Waals surface area contributed by atoms with Gasteiger partial charge in [0.15, 0.2) is 8.32 Å². The minimum atomic E-state index is -1.54. The summed E-state index contributed by atoms with van der Waals surface area (Å²) in [6.45, 7) is 8.64. The highest BCUT2D eigenvalue weighted by atomic mass is 28.4. The van der Waals surface area contributed by atoms with E-state index in [9.17, 15) is 0 Å². The van der Waals surface area contributed by atoms with Gasteiger partial charge in [-0.2, -0.15) is 5.26 Å². The van der Waals surface area contributed by atoms with E-state index < -0.39 is 8.32 Å². The van der Waals surface area contributed by atoms with Crippen LogP contribution < -0.4 is 0 Å². The van der Waals surface area contributed by atoms with Crippen LogP contribution in [0.4, 0.5) is 0 Å². The molecule has 3 heteroatoms. The highest BCUT2D eigenvalue weighted by Gasteiger charge is 2.20. The number of hydrogen-bond acceptors (Lipinski definition) is 2. The Balaban J connectivity index is 3.54. The maximum Gasteiger partial charge on any atom is 0.185 e. The molecule has 16 heavy (non-hydrogen) atoms. The lowest BCUT2D eigenvalue weighted by molar-refractivity contribution is 0.233. The van der Waals surface area contributed by atoms with Crippen LogP contribution in [0.2, 0.25) is 19.6 Å². The third-order valence-electron chi connectivity index (χ3n) is 2.46. The van der Waals surface area contributed by atoms with Crippen LogP contribution >= 0.6 is 0 Å². The summed E-state index contributed by atoms with van der Waals surface area (Å²) in [6.07, 6.45) is 8.39. The van der Waals surface area contributed by atoms with Gasteiger partial charge in [0.05, 0.1) is 6.07 Å². The van der Waals surface area contributed by atoms with Gasteiger partial charge in [-0.15, -0.1) is 0 Å². The van der Waals surface area contributed by atoms with Crippen LogP contribution in [0.5, 0.6) is 0 Å². The molecule has 0 amide bonds. The Morgan fingerprint density at radius 2 is 1.62 bits per heavy atom. The van der Waals surface area contributed by atoms with Gasteiger partial charge in [0, 0.05) is 0 Å². The fourth-order valence-electron chi connectivity index (χ4n) is 1.69. The van der Waals surface area contributed by atoms with Crippen molar-refractivity contribution in [3.05, 3.63) is 0 Å². The fraction of sp³-hybridized carbons (Fsp3) is 0.923. The van der Waals surface area contributed by atoms with Crippen LogP contribution in [-0.2, 0) is 4.43 Å². The molecule has 0 saturated carbocycles. The van der Waals surface area contributed by atoms with Crippen LogP contribution in [0.15, 0.2) is 0 Å². The summed E-state index contributed by atoms with van der Waals surface area (Å²) in [5, 5.41) is 8.98. The molecule has 0 aromatic heterocycles. The monoisotopic (exact) mass is 241 g/mol. The van der Waals surface area contributed by atoms with E-state index in [2.05, 4.69) is 32.6 Å². The topological polar surface area (TPSA) is 33.0 Å². The molecule has 0 spiro atoms. The molecule has 0 aromatic carbocycles. The van der Waals surface area contributed by atoms with E-state index in [0.29, 0.717) is 0 Å². The van der Waals surface area contributed by atoms with Crippen LogP contribution in [0.1, 0.15) is 51.9 Å². The molecule has 0 radical (unpaired) electrons. The zero-order chi connectivity index (χ0) is 12.4. The minimum Gasteiger partial charge on any atom is -0.402 e. The predicted octanol–water partition coefficient (Wildman–Crippen LogP) is 4.48. The highest BCUT2D eigenvalue weighted by molar-refractivity contribution is 6.69. The van der Waals surface area contributed by atoms with Crippen LogP contribution in [0.25, 0.3) is 0 Å². The average molecular weight is 241 g/mol. The summed E-state index contributed by atoms with van der Waals surface area (Å²) < 4.78 is 5.79. The molecule has 2 nitrogen and oxygen atoms in total. The van der Waals surface area contributed by atoms with Crippen LogP contribution in [0.3, 0.4) is 0 Å². The number of nitrogens with zero attached hydrogens (tertiary/aromatic N) is 1. The van der Waals surface area contributed by atoms with Crippen molar-refractivity contribution in [2.75, 3.05) is 0 Å². The van der Waals surface area contributed by atoms with E-state index in [1.807, 2.05) is 0 Å². The average Bonchev–Trinajstić information content (AvgIpc) is 2.19. The lowest BCUT2D eigenvalue weighted by Gasteiger charge is -2.21. The first-order valence-corrected chi connectivity index (χ1v) is 9.98. The second kappa shape index (κ2) is 8.78. The normalized spacial score (nSPS) is 13.4. The maximum absolute atomic E-state index is 8.98. The first-order chi connectivity index (χ1) is 7.49. The number of unbranched alkanes of at least 4 members (excludes halogenated alkanes) is 5. The molecule has 0 aliphatic heterocycles. The second-order valence-electron chi connectivity index (χ2n) is 5.40. The van der Waals surface area contributed by atoms with Gasteiger partial charge in [-0.3, -0.25) is 0 Å². The summed E-state index contributed by atoms with van der Waals surface area (Å²) in [5.41, 5.74) is 0. The van der Waals surface area contributed by atoms with E-state index in [0.717, 1.165) is 12.8 Å². The molecular formula is C13H27NOSi. The summed E-state index contributed by atoms with van der Waals surface area (Å²) in [4.78, 5) is 0. The summed E-state index contributed by atoms with van der Waals surface area (Å²) in [5.74, 6) is 0. The van der Waals surface area contributed by atoms with Gasteiger partial charge in [-0.25, -0.2) is 0 Å². The molecule has 0 aromatic rings. The van der Waals surface area contributed by atoms with Crippen molar-refractivity contribution >= 4 is 8.32 Å². The smallest absolute Gasteiger partial charge is 0.185 e. The molecule has 0 rings (SSSR count). The summed E-state index contributed by atoms with van der Waals surface area (Å²) in [6, 6.07) is 2.27. The largest absolute Gasteiger partial charge is 0.402 e. The SMILES string of the molecule is CCCCCCCC[C@H](C#N)O[Si](C)(C)C. The number of rotatable bonds is 9. The van der Waals surface area contributed by atoms with E-state index in [4.69, 9.17) is 9.69 Å². The Morgan fingerprint density at radius 1 is 1.06 bits per heavy atom.